The maximum atomic E-state index is 13.4. The van der Waals surface area contributed by atoms with Crippen LogP contribution in [0.2, 0.25) is 0 Å². The number of nitrogens with zero attached hydrogens (tertiary/aromatic N) is 1. The van der Waals surface area contributed by atoms with Gasteiger partial charge in [-0.3, -0.25) is 14.4 Å². The average molecular weight is 406 g/mol. The molecule has 7 nitrogen and oxygen atoms in total. The van der Waals surface area contributed by atoms with Crippen LogP contribution >= 0.6 is 0 Å². The van der Waals surface area contributed by atoms with Crippen molar-refractivity contribution < 1.29 is 19.5 Å². The molecule has 1 saturated heterocycles. The fourth-order valence-corrected chi connectivity index (χ4v) is 5.43. The Hall–Kier alpha value is -1.89. The molecule has 2 fully saturated rings. The molecular weight excluding hydrogens is 370 g/mol. The van der Waals surface area contributed by atoms with Crippen molar-refractivity contribution in [2.75, 3.05) is 20.2 Å². The summed E-state index contributed by atoms with van der Waals surface area (Å²) in [4.78, 5) is 41.0. The van der Waals surface area contributed by atoms with Crippen LogP contribution in [0.5, 0.6) is 0 Å². The first-order chi connectivity index (χ1) is 14.0. The van der Waals surface area contributed by atoms with Crippen molar-refractivity contribution in [3.8, 4) is 0 Å². The van der Waals surface area contributed by atoms with Gasteiger partial charge in [-0.05, 0) is 31.6 Å². The first-order valence-electron chi connectivity index (χ1n) is 11.1. The third-order valence-electron chi connectivity index (χ3n) is 6.91. The molecule has 0 aromatic heterocycles. The standard InChI is InChI=1S/C22H35N3O4/c1-3-14-10-11-16-18(17(14)20(27)23-2)22(29)25(12-7-13-26)19(16)21(28)24-15-8-5-4-6-9-15/h10-11,14-19,26H,3-9,12-13H2,1-2H3,(H,23,27)(H,24,28)/t14-,16+,17-,18+,19+/m1/s1. The highest BCUT2D eigenvalue weighted by atomic mass is 16.3. The van der Waals surface area contributed by atoms with Crippen LogP contribution in [-0.2, 0) is 14.4 Å². The molecule has 7 heteroatoms. The minimum Gasteiger partial charge on any atom is -0.396 e. The van der Waals surface area contributed by atoms with E-state index in [9.17, 15) is 19.5 Å². The number of aliphatic hydroxyl groups excluding tert-OH is 1. The van der Waals surface area contributed by atoms with Gasteiger partial charge in [-0.15, -0.1) is 0 Å². The van der Waals surface area contributed by atoms with E-state index in [0.29, 0.717) is 13.0 Å². The molecule has 1 aliphatic heterocycles. The predicted octanol–water partition coefficient (Wildman–Crippen LogP) is 1.22. The fraction of sp³-hybridized carbons (Fsp3) is 0.773. The van der Waals surface area contributed by atoms with Gasteiger partial charge in [0.05, 0.1) is 11.8 Å². The number of hydrogen-bond donors (Lipinski definition) is 3. The lowest BCUT2D eigenvalue weighted by Crippen LogP contribution is -2.50. The summed E-state index contributed by atoms with van der Waals surface area (Å²) < 4.78 is 0. The van der Waals surface area contributed by atoms with Crippen molar-refractivity contribution in [1.82, 2.24) is 15.5 Å². The molecule has 0 radical (unpaired) electrons. The topological polar surface area (TPSA) is 98.7 Å². The number of carbonyl (C=O) groups is 3. The molecule has 0 bridgehead atoms. The van der Waals surface area contributed by atoms with Crippen molar-refractivity contribution in [2.45, 2.75) is 64.0 Å². The zero-order valence-corrected chi connectivity index (χ0v) is 17.6. The van der Waals surface area contributed by atoms with E-state index < -0.39 is 17.9 Å². The average Bonchev–Trinajstić information content (AvgIpc) is 3.03. The number of rotatable bonds is 7. The van der Waals surface area contributed by atoms with E-state index in [2.05, 4.69) is 10.6 Å². The Labute approximate surface area is 173 Å². The van der Waals surface area contributed by atoms with Gasteiger partial charge in [-0.25, -0.2) is 0 Å². The second-order valence-electron chi connectivity index (χ2n) is 8.60. The molecule has 5 atom stereocenters. The van der Waals surface area contributed by atoms with Crippen LogP contribution < -0.4 is 10.6 Å². The first kappa shape index (κ1) is 21.8. The summed E-state index contributed by atoms with van der Waals surface area (Å²) in [6.45, 7) is 2.31. The molecule has 3 amide bonds. The number of hydrogen-bond acceptors (Lipinski definition) is 4. The zero-order valence-electron chi connectivity index (χ0n) is 17.6. The van der Waals surface area contributed by atoms with Gasteiger partial charge in [0.15, 0.2) is 0 Å². The fourth-order valence-electron chi connectivity index (χ4n) is 5.43. The smallest absolute Gasteiger partial charge is 0.243 e. The minimum atomic E-state index is -0.609. The third kappa shape index (κ3) is 4.34. The van der Waals surface area contributed by atoms with Gasteiger partial charge in [0, 0.05) is 32.2 Å². The Morgan fingerprint density at radius 1 is 1.17 bits per heavy atom. The SMILES string of the molecule is CC[C@@H]1C=C[C@H]2[C@H](C(=O)N(CCCO)[C@@H]2C(=O)NC2CCCCC2)[C@@H]1C(=O)NC. The molecule has 3 N–H and O–H groups in total. The number of amides is 3. The quantitative estimate of drug-likeness (QED) is 0.555. The summed E-state index contributed by atoms with van der Waals surface area (Å²) in [7, 11) is 1.60. The number of allylic oxidation sites excluding steroid dienone is 1. The normalized spacial score (nSPS) is 32.2. The summed E-state index contributed by atoms with van der Waals surface area (Å²) in [5, 5.41) is 15.2. The van der Waals surface area contributed by atoms with Gasteiger partial charge in [-0.2, -0.15) is 0 Å². The molecule has 162 valence electrons. The number of fused-ring (bicyclic) bond motifs is 1. The molecule has 3 aliphatic rings. The lowest BCUT2D eigenvalue weighted by atomic mass is 9.68. The Bertz CT molecular complexity index is 644. The van der Waals surface area contributed by atoms with Crippen LogP contribution in [-0.4, -0.2) is 60.0 Å². The van der Waals surface area contributed by atoms with E-state index in [1.165, 1.54) is 6.42 Å². The first-order valence-corrected chi connectivity index (χ1v) is 11.1. The van der Waals surface area contributed by atoms with Crippen molar-refractivity contribution in [3.63, 3.8) is 0 Å². The summed E-state index contributed by atoms with van der Waals surface area (Å²) in [6.07, 6.45) is 10.6. The predicted molar refractivity (Wildman–Crippen MR) is 110 cm³/mol. The van der Waals surface area contributed by atoms with E-state index >= 15 is 0 Å². The largest absolute Gasteiger partial charge is 0.396 e. The molecule has 3 rings (SSSR count). The number of likely N-dealkylation sites (tertiary alicyclic amines) is 1. The van der Waals surface area contributed by atoms with E-state index in [4.69, 9.17) is 0 Å². The van der Waals surface area contributed by atoms with E-state index in [1.54, 1.807) is 11.9 Å². The van der Waals surface area contributed by atoms with Crippen LogP contribution in [0, 0.1) is 23.7 Å². The lowest BCUT2D eigenvalue weighted by Gasteiger charge is -2.34. The van der Waals surface area contributed by atoms with Crippen LogP contribution in [0.25, 0.3) is 0 Å². The van der Waals surface area contributed by atoms with E-state index in [-0.39, 0.29) is 42.2 Å². The summed E-state index contributed by atoms with van der Waals surface area (Å²) in [5.74, 6) is -1.70. The van der Waals surface area contributed by atoms with Gasteiger partial charge in [0.2, 0.25) is 17.7 Å². The minimum absolute atomic E-state index is 0.0139. The van der Waals surface area contributed by atoms with Crippen molar-refractivity contribution >= 4 is 17.7 Å². The Morgan fingerprint density at radius 3 is 2.52 bits per heavy atom. The number of nitrogens with one attached hydrogen (secondary N) is 2. The molecule has 1 saturated carbocycles. The summed E-state index contributed by atoms with van der Waals surface area (Å²) >= 11 is 0. The van der Waals surface area contributed by atoms with Crippen molar-refractivity contribution in [3.05, 3.63) is 12.2 Å². The van der Waals surface area contributed by atoms with Gasteiger partial charge in [0.1, 0.15) is 6.04 Å². The molecule has 29 heavy (non-hydrogen) atoms. The Morgan fingerprint density at radius 2 is 1.90 bits per heavy atom. The van der Waals surface area contributed by atoms with Crippen LogP contribution in [0.1, 0.15) is 51.9 Å². The lowest BCUT2D eigenvalue weighted by molar-refractivity contribution is -0.141. The van der Waals surface area contributed by atoms with Crippen molar-refractivity contribution in [2.24, 2.45) is 23.7 Å². The molecule has 1 heterocycles. The van der Waals surface area contributed by atoms with Crippen LogP contribution in [0.4, 0.5) is 0 Å². The third-order valence-corrected chi connectivity index (χ3v) is 6.91. The van der Waals surface area contributed by atoms with E-state index in [1.807, 2.05) is 19.1 Å². The second kappa shape index (κ2) is 9.74. The molecule has 0 spiro atoms. The highest BCUT2D eigenvalue weighted by Crippen LogP contribution is 2.45. The van der Waals surface area contributed by atoms with Crippen molar-refractivity contribution in [1.29, 1.82) is 0 Å². The maximum absolute atomic E-state index is 13.4. The summed E-state index contributed by atoms with van der Waals surface area (Å²) in [5.41, 5.74) is 0. The Kier molecular flexibility index (Phi) is 7.33. The molecule has 0 unspecified atom stereocenters. The van der Waals surface area contributed by atoms with Crippen LogP contribution in [0.15, 0.2) is 12.2 Å². The molecule has 0 aromatic carbocycles. The highest BCUT2D eigenvalue weighted by molar-refractivity contribution is 5.96. The Balaban J connectivity index is 1.89. The summed E-state index contributed by atoms with van der Waals surface area (Å²) in [6, 6.07) is -0.446. The van der Waals surface area contributed by atoms with Gasteiger partial charge >= 0.3 is 0 Å². The molecular formula is C22H35N3O4. The monoisotopic (exact) mass is 405 g/mol. The molecule has 2 aliphatic carbocycles. The number of aliphatic hydroxyl groups is 1. The highest BCUT2D eigenvalue weighted by Gasteiger charge is 2.56. The second-order valence-corrected chi connectivity index (χ2v) is 8.60. The number of carbonyl (C=O) groups excluding carboxylic acids is 3. The molecule has 0 aromatic rings. The van der Waals surface area contributed by atoms with Gasteiger partial charge in [0.25, 0.3) is 0 Å². The van der Waals surface area contributed by atoms with Crippen LogP contribution in [0.3, 0.4) is 0 Å². The van der Waals surface area contributed by atoms with Gasteiger partial charge in [-0.1, -0.05) is 38.3 Å². The van der Waals surface area contributed by atoms with Gasteiger partial charge < -0.3 is 20.6 Å². The van der Waals surface area contributed by atoms with E-state index in [0.717, 1.165) is 32.1 Å². The zero-order chi connectivity index (χ0) is 21.0. The maximum Gasteiger partial charge on any atom is 0.243 e.